The average Bonchev–Trinajstić information content (AvgIpc) is 3.14. The van der Waals surface area contributed by atoms with Gasteiger partial charge in [0, 0.05) is 151 Å². The maximum atomic E-state index is 13.3. The van der Waals surface area contributed by atoms with Crippen LogP contribution in [-0.4, -0.2) is 261 Å². The first-order chi connectivity index (χ1) is 28.2. The molecule has 0 aliphatic carbocycles. The molecule has 23 nitrogen and oxygen atoms in total. The lowest BCUT2D eigenvalue weighted by Gasteiger charge is -2.42. The molecule has 2 fully saturated rings. The number of nitrogens with zero attached hydrogens (tertiary/aromatic N) is 6. The Morgan fingerprint density at radius 1 is 0.508 bits per heavy atom. The molecule has 1 atom stereocenters. The van der Waals surface area contributed by atoms with Gasteiger partial charge in [0.15, 0.2) is 0 Å². The van der Waals surface area contributed by atoms with Crippen molar-refractivity contribution in [2.24, 2.45) is 0 Å². The van der Waals surface area contributed by atoms with Gasteiger partial charge in [0.05, 0.1) is 38.8 Å². The highest BCUT2D eigenvalue weighted by Gasteiger charge is 2.28. The second-order valence-corrected chi connectivity index (χ2v) is 14.6. The van der Waals surface area contributed by atoms with Gasteiger partial charge in [0.1, 0.15) is 0 Å². The molecule has 59 heavy (non-hydrogen) atoms. The molecule has 0 saturated carbocycles. The normalized spacial score (nSPS) is 18.9. The number of amides is 3. The summed E-state index contributed by atoms with van der Waals surface area (Å²) in [6.07, 6.45) is -1.14. The predicted octanol–water partition coefficient (Wildman–Crippen LogP) is -5.59. The number of nitrogens with one attached hydrogen (secondary N) is 6. The smallest absolute Gasteiger partial charge is 0.317 e. The predicted molar refractivity (Wildman–Crippen MR) is 216 cm³/mol. The highest BCUT2D eigenvalue weighted by molar-refractivity contribution is 5.80. The third-order valence-corrected chi connectivity index (χ3v) is 9.87. The lowest BCUT2D eigenvalue weighted by Crippen LogP contribution is -2.59. The fourth-order valence-electron chi connectivity index (χ4n) is 6.75. The van der Waals surface area contributed by atoms with Crippen LogP contribution in [0.2, 0.25) is 0 Å². The molecule has 338 valence electrons. The number of aliphatic carboxylic acids is 4. The van der Waals surface area contributed by atoms with Gasteiger partial charge >= 0.3 is 23.9 Å². The Kier molecular flexibility index (Phi) is 26.0. The van der Waals surface area contributed by atoms with Crippen LogP contribution >= 0.6 is 0 Å². The molecule has 10 N–H and O–H groups in total. The summed E-state index contributed by atoms with van der Waals surface area (Å²) < 4.78 is 0. The SMILES string of the molecule is CC(=O)NCC(N(CCNC(=O)CCC(=O)O)CCNC(=O)CN1CCNCCNCCNCC1)N1CCN(CC(=O)O)CCN(CC(=O)O)CCN(CC(=O)O)CC1. The van der Waals surface area contributed by atoms with Crippen molar-refractivity contribution in [1.82, 2.24) is 61.3 Å². The van der Waals surface area contributed by atoms with Gasteiger partial charge in [0.25, 0.3) is 0 Å². The summed E-state index contributed by atoms with van der Waals surface area (Å²) in [5.74, 6) is -5.25. The summed E-state index contributed by atoms with van der Waals surface area (Å²) in [6, 6.07) is 0. The highest BCUT2D eigenvalue weighted by Crippen LogP contribution is 2.10. The molecule has 0 aromatic rings. The first-order valence-electron chi connectivity index (χ1n) is 20.4. The number of carboxylic acid groups (broad SMARTS) is 4. The minimum atomic E-state index is -1.11. The Balaban J connectivity index is 2.36. The van der Waals surface area contributed by atoms with Gasteiger partial charge in [-0.05, 0) is 0 Å². The molecular weight excluding hydrogens is 776 g/mol. The fourth-order valence-corrected chi connectivity index (χ4v) is 6.75. The van der Waals surface area contributed by atoms with Gasteiger partial charge in [-0.15, -0.1) is 0 Å². The van der Waals surface area contributed by atoms with Crippen LogP contribution in [-0.2, 0) is 33.6 Å². The Labute approximate surface area is 346 Å². The van der Waals surface area contributed by atoms with E-state index in [0.29, 0.717) is 13.1 Å². The minimum absolute atomic E-state index is 0.0871. The van der Waals surface area contributed by atoms with Crippen molar-refractivity contribution >= 4 is 41.6 Å². The molecule has 0 spiro atoms. The van der Waals surface area contributed by atoms with Crippen LogP contribution in [0.25, 0.3) is 0 Å². The van der Waals surface area contributed by atoms with E-state index >= 15 is 0 Å². The fraction of sp³-hybridized carbons (Fsp3) is 0.806. The van der Waals surface area contributed by atoms with Gasteiger partial charge in [-0.25, -0.2) is 0 Å². The molecule has 2 saturated heterocycles. The molecule has 2 heterocycles. The van der Waals surface area contributed by atoms with E-state index in [4.69, 9.17) is 5.11 Å². The average molecular weight is 845 g/mol. The topological polar surface area (TPSA) is 292 Å². The number of carbonyl (C=O) groups excluding carboxylic acids is 3. The Hall–Kier alpha value is -4.07. The van der Waals surface area contributed by atoms with Gasteiger partial charge in [0.2, 0.25) is 17.7 Å². The zero-order valence-electron chi connectivity index (χ0n) is 34.5. The molecule has 0 radical (unpaired) electrons. The first-order valence-corrected chi connectivity index (χ1v) is 20.4. The molecule has 3 amide bonds. The summed E-state index contributed by atoms with van der Waals surface area (Å²) in [4.78, 5) is 95.7. The van der Waals surface area contributed by atoms with Crippen LogP contribution < -0.4 is 31.9 Å². The van der Waals surface area contributed by atoms with Crippen LogP contribution in [0.1, 0.15) is 19.8 Å². The molecule has 2 aliphatic heterocycles. The van der Waals surface area contributed by atoms with Crippen LogP contribution in [0.5, 0.6) is 0 Å². The largest absolute Gasteiger partial charge is 0.481 e. The first kappa shape index (κ1) is 51.1. The molecule has 2 rings (SSSR count). The zero-order valence-corrected chi connectivity index (χ0v) is 34.5. The second kappa shape index (κ2) is 30.0. The molecule has 0 aromatic carbocycles. The van der Waals surface area contributed by atoms with Crippen molar-refractivity contribution in [3.05, 3.63) is 0 Å². The van der Waals surface area contributed by atoms with Crippen molar-refractivity contribution in [2.45, 2.75) is 25.9 Å². The van der Waals surface area contributed by atoms with Gasteiger partial charge in [-0.2, -0.15) is 0 Å². The summed E-state index contributed by atoms with van der Waals surface area (Å²) in [6.45, 7) is 9.48. The lowest BCUT2D eigenvalue weighted by molar-refractivity contribution is -0.140. The third kappa shape index (κ3) is 25.2. The number of rotatable bonds is 21. The third-order valence-electron chi connectivity index (χ3n) is 9.87. The standard InChI is InChI=1S/C36H68N12O11/c1-29(49)42-24-32(48-22-20-45(27-35(56)57)18-16-44(26-34(54)55)17-19-46(21-23-48)28-36(58)59)47(14-10-40-30(50)2-3-33(52)53)15-11-41-31(51)25-43-12-8-38-6-4-37-5-7-39-9-13-43/h32,37-39H,2-28H2,1H3,(H,40,50)(H,41,51)(H,42,49)(H,52,53)(H,54,55)(H,56,57)(H,58,59). The van der Waals surface area contributed by atoms with Crippen molar-refractivity contribution in [2.75, 3.05) is 164 Å². The maximum absolute atomic E-state index is 13.3. The summed E-state index contributed by atoms with van der Waals surface area (Å²) in [5, 5.41) is 56.7. The molecular formula is C36H68N12O11. The molecule has 0 aromatic heterocycles. The van der Waals surface area contributed by atoms with E-state index in [-0.39, 0.29) is 136 Å². The summed E-state index contributed by atoms with van der Waals surface area (Å²) in [7, 11) is 0. The summed E-state index contributed by atoms with van der Waals surface area (Å²) in [5.41, 5.74) is 0. The number of carbonyl (C=O) groups is 7. The van der Waals surface area contributed by atoms with Crippen molar-refractivity contribution in [1.29, 1.82) is 0 Å². The van der Waals surface area contributed by atoms with E-state index in [9.17, 15) is 48.9 Å². The van der Waals surface area contributed by atoms with Gasteiger partial charge in [-0.3, -0.25) is 63.0 Å². The quantitative estimate of drug-likeness (QED) is 0.0515. The second-order valence-electron chi connectivity index (χ2n) is 14.6. The van der Waals surface area contributed by atoms with E-state index in [1.54, 1.807) is 14.7 Å². The van der Waals surface area contributed by atoms with Gasteiger partial charge < -0.3 is 52.3 Å². The monoisotopic (exact) mass is 845 g/mol. The van der Waals surface area contributed by atoms with Crippen LogP contribution in [0.4, 0.5) is 0 Å². The van der Waals surface area contributed by atoms with E-state index in [1.165, 1.54) is 6.92 Å². The zero-order chi connectivity index (χ0) is 43.4. The molecule has 1 unspecified atom stereocenters. The van der Waals surface area contributed by atoms with Crippen LogP contribution in [0, 0.1) is 0 Å². The molecule has 23 heteroatoms. The molecule has 2 aliphatic rings. The minimum Gasteiger partial charge on any atom is -0.481 e. The lowest BCUT2D eigenvalue weighted by atomic mass is 10.2. The van der Waals surface area contributed by atoms with Crippen molar-refractivity contribution in [3.8, 4) is 0 Å². The van der Waals surface area contributed by atoms with E-state index in [1.807, 2.05) is 9.80 Å². The van der Waals surface area contributed by atoms with Crippen LogP contribution in [0.15, 0.2) is 0 Å². The highest BCUT2D eigenvalue weighted by atomic mass is 16.4. The number of hydrogen-bond donors (Lipinski definition) is 10. The van der Waals surface area contributed by atoms with Crippen LogP contribution in [0.3, 0.4) is 0 Å². The number of hydrogen-bond acceptors (Lipinski definition) is 16. The van der Waals surface area contributed by atoms with E-state index in [2.05, 4.69) is 36.8 Å². The van der Waals surface area contributed by atoms with Gasteiger partial charge in [-0.1, -0.05) is 0 Å². The Morgan fingerprint density at radius 2 is 0.915 bits per heavy atom. The van der Waals surface area contributed by atoms with E-state index < -0.39 is 36.0 Å². The van der Waals surface area contributed by atoms with E-state index in [0.717, 1.165) is 39.3 Å². The summed E-state index contributed by atoms with van der Waals surface area (Å²) >= 11 is 0. The number of carboxylic acids is 4. The molecule has 0 bridgehead atoms. The maximum Gasteiger partial charge on any atom is 0.317 e. The van der Waals surface area contributed by atoms with Crippen molar-refractivity contribution in [3.63, 3.8) is 0 Å². The Bertz CT molecular complexity index is 1270. The van der Waals surface area contributed by atoms with Crippen molar-refractivity contribution < 1.29 is 54.0 Å². The Morgan fingerprint density at radius 3 is 1.34 bits per heavy atom.